The lowest BCUT2D eigenvalue weighted by Crippen LogP contribution is -2.28. The number of hydrogen-bond donors (Lipinski definition) is 1. The van der Waals surface area contributed by atoms with Crippen LogP contribution in [0.3, 0.4) is 0 Å². The second-order valence-corrected chi connectivity index (χ2v) is 5.95. The van der Waals surface area contributed by atoms with Gasteiger partial charge in [-0.25, -0.2) is 4.98 Å². The van der Waals surface area contributed by atoms with Gasteiger partial charge in [0.15, 0.2) is 0 Å². The third-order valence-corrected chi connectivity index (χ3v) is 4.26. The summed E-state index contributed by atoms with van der Waals surface area (Å²) in [6.07, 6.45) is 2.65. The van der Waals surface area contributed by atoms with Crippen molar-refractivity contribution in [2.75, 3.05) is 6.61 Å². The molecule has 0 spiro atoms. The van der Waals surface area contributed by atoms with E-state index in [1.807, 2.05) is 44.2 Å². The van der Waals surface area contributed by atoms with Gasteiger partial charge in [0, 0.05) is 18.2 Å². The zero-order valence-electron chi connectivity index (χ0n) is 13.5. The molecule has 0 aliphatic heterocycles. The molecule has 1 amide bonds. The first-order chi connectivity index (χ1) is 11.2. The Morgan fingerprint density at radius 1 is 1.35 bits per heavy atom. The lowest BCUT2D eigenvalue weighted by molar-refractivity contribution is -0.123. The zero-order chi connectivity index (χ0) is 16.2. The van der Waals surface area contributed by atoms with E-state index in [0.717, 1.165) is 12.0 Å². The molecule has 1 saturated carbocycles. The molecule has 23 heavy (non-hydrogen) atoms. The first-order valence-electron chi connectivity index (χ1n) is 8.13. The Bertz CT molecular complexity index is 672. The lowest BCUT2D eigenvalue weighted by atomic mass is 10.1. The van der Waals surface area contributed by atoms with Gasteiger partial charge in [-0.15, -0.1) is 0 Å². The molecule has 1 heterocycles. The summed E-state index contributed by atoms with van der Waals surface area (Å²) >= 11 is 0. The molecule has 4 nitrogen and oxygen atoms in total. The summed E-state index contributed by atoms with van der Waals surface area (Å²) in [6.45, 7) is 4.50. The molecular formula is C19H22N2O2. The maximum absolute atomic E-state index is 12.4. The van der Waals surface area contributed by atoms with Crippen LogP contribution < -0.4 is 10.1 Å². The third-order valence-electron chi connectivity index (χ3n) is 4.26. The second-order valence-electron chi connectivity index (χ2n) is 5.95. The molecule has 0 bridgehead atoms. The minimum atomic E-state index is -0.0540. The van der Waals surface area contributed by atoms with E-state index < -0.39 is 0 Å². The van der Waals surface area contributed by atoms with Gasteiger partial charge in [-0.05, 0) is 43.4 Å². The highest BCUT2D eigenvalue weighted by Gasteiger charge is 2.44. The van der Waals surface area contributed by atoms with Crippen molar-refractivity contribution in [1.82, 2.24) is 10.3 Å². The Balaban J connectivity index is 1.59. The number of rotatable bonds is 6. The number of ether oxygens (including phenoxy) is 1. The fraction of sp³-hybridized carbons (Fsp3) is 0.368. The number of aromatic nitrogens is 1. The van der Waals surface area contributed by atoms with E-state index in [2.05, 4.69) is 22.4 Å². The summed E-state index contributed by atoms with van der Waals surface area (Å²) in [5.41, 5.74) is 2.26. The number of benzene rings is 1. The predicted molar refractivity (Wildman–Crippen MR) is 89.3 cm³/mol. The van der Waals surface area contributed by atoms with E-state index in [1.165, 1.54) is 5.56 Å². The Labute approximate surface area is 136 Å². The van der Waals surface area contributed by atoms with E-state index in [1.54, 1.807) is 6.20 Å². The minimum Gasteiger partial charge on any atom is -0.478 e. The van der Waals surface area contributed by atoms with Crippen molar-refractivity contribution < 1.29 is 9.53 Å². The number of nitrogens with one attached hydrogen (secondary N) is 1. The van der Waals surface area contributed by atoms with E-state index in [-0.39, 0.29) is 17.9 Å². The molecular weight excluding hydrogens is 288 g/mol. The van der Waals surface area contributed by atoms with Gasteiger partial charge in [0.05, 0.1) is 12.6 Å². The Hall–Kier alpha value is -2.36. The number of pyridine rings is 1. The van der Waals surface area contributed by atoms with Gasteiger partial charge in [0.1, 0.15) is 0 Å². The van der Waals surface area contributed by atoms with Crippen molar-refractivity contribution in [3.05, 3.63) is 59.8 Å². The molecule has 1 aliphatic rings. The number of carbonyl (C=O) groups excluding carboxylic acids is 1. The van der Waals surface area contributed by atoms with Crippen molar-refractivity contribution in [3.63, 3.8) is 0 Å². The van der Waals surface area contributed by atoms with Crippen LogP contribution in [-0.4, -0.2) is 17.5 Å². The van der Waals surface area contributed by atoms with E-state index in [9.17, 15) is 4.79 Å². The first kappa shape index (κ1) is 15.5. The molecule has 3 rings (SSSR count). The maximum atomic E-state index is 12.4. The summed E-state index contributed by atoms with van der Waals surface area (Å²) < 4.78 is 5.41. The van der Waals surface area contributed by atoms with Crippen LogP contribution in [0.15, 0.2) is 48.7 Å². The van der Waals surface area contributed by atoms with Crippen LogP contribution in [0.2, 0.25) is 0 Å². The van der Waals surface area contributed by atoms with Gasteiger partial charge < -0.3 is 10.1 Å². The number of amides is 1. The standard InChI is InChI=1S/C19H22N2O2/c1-3-23-18-11-15(9-10-20-18)13(2)21-19(22)17-12-16(17)14-7-5-4-6-8-14/h4-11,13,16-17H,3,12H2,1-2H3,(H,21,22). The lowest BCUT2D eigenvalue weighted by Gasteiger charge is -2.15. The van der Waals surface area contributed by atoms with Crippen LogP contribution in [0, 0.1) is 5.92 Å². The fourth-order valence-corrected chi connectivity index (χ4v) is 2.88. The molecule has 3 atom stereocenters. The van der Waals surface area contributed by atoms with Crippen molar-refractivity contribution >= 4 is 5.91 Å². The van der Waals surface area contributed by atoms with E-state index in [0.29, 0.717) is 18.4 Å². The van der Waals surface area contributed by atoms with Crippen LogP contribution in [0.5, 0.6) is 5.88 Å². The molecule has 120 valence electrons. The number of hydrogen-bond acceptors (Lipinski definition) is 3. The number of nitrogens with zero attached hydrogens (tertiary/aromatic N) is 1. The van der Waals surface area contributed by atoms with Gasteiger partial charge in [0.2, 0.25) is 11.8 Å². The van der Waals surface area contributed by atoms with Crippen LogP contribution in [0.1, 0.15) is 43.4 Å². The van der Waals surface area contributed by atoms with Gasteiger partial charge in [-0.2, -0.15) is 0 Å². The molecule has 1 aromatic carbocycles. The fourth-order valence-electron chi connectivity index (χ4n) is 2.88. The van der Waals surface area contributed by atoms with Crippen molar-refractivity contribution in [2.45, 2.75) is 32.2 Å². The smallest absolute Gasteiger partial charge is 0.224 e. The molecule has 0 saturated heterocycles. The van der Waals surface area contributed by atoms with Gasteiger partial charge in [-0.3, -0.25) is 4.79 Å². The SMILES string of the molecule is CCOc1cc(C(C)NC(=O)C2CC2c2ccccc2)ccn1. The van der Waals surface area contributed by atoms with E-state index in [4.69, 9.17) is 4.74 Å². The quantitative estimate of drug-likeness (QED) is 0.889. The summed E-state index contributed by atoms with van der Waals surface area (Å²) in [7, 11) is 0. The highest BCUT2D eigenvalue weighted by atomic mass is 16.5. The van der Waals surface area contributed by atoms with Crippen molar-refractivity contribution in [2.24, 2.45) is 5.92 Å². The normalized spacial score (nSPS) is 20.6. The van der Waals surface area contributed by atoms with Crippen LogP contribution in [0.25, 0.3) is 0 Å². The molecule has 3 unspecified atom stereocenters. The van der Waals surface area contributed by atoms with Crippen LogP contribution in [-0.2, 0) is 4.79 Å². The van der Waals surface area contributed by atoms with Gasteiger partial charge in [0.25, 0.3) is 0 Å². The van der Waals surface area contributed by atoms with Crippen LogP contribution >= 0.6 is 0 Å². The predicted octanol–water partition coefficient (Wildman–Crippen LogP) is 3.46. The number of carbonyl (C=O) groups is 1. The van der Waals surface area contributed by atoms with Crippen LogP contribution in [0.4, 0.5) is 0 Å². The first-order valence-corrected chi connectivity index (χ1v) is 8.13. The van der Waals surface area contributed by atoms with Gasteiger partial charge >= 0.3 is 0 Å². The highest BCUT2D eigenvalue weighted by Crippen LogP contribution is 2.47. The summed E-state index contributed by atoms with van der Waals surface area (Å²) in [5, 5.41) is 3.10. The Morgan fingerprint density at radius 3 is 2.87 bits per heavy atom. The molecule has 1 aromatic heterocycles. The molecule has 1 fully saturated rings. The summed E-state index contributed by atoms with van der Waals surface area (Å²) in [4.78, 5) is 16.6. The summed E-state index contributed by atoms with van der Waals surface area (Å²) in [5.74, 6) is 1.17. The maximum Gasteiger partial charge on any atom is 0.224 e. The third kappa shape index (κ3) is 3.70. The van der Waals surface area contributed by atoms with E-state index >= 15 is 0 Å². The topological polar surface area (TPSA) is 51.2 Å². The Morgan fingerprint density at radius 2 is 2.13 bits per heavy atom. The zero-order valence-corrected chi connectivity index (χ0v) is 13.5. The molecule has 1 aliphatic carbocycles. The monoisotopic (exact) mass is 310 g/mol. The second kappa shape index (κ2) is 6.82. The largest absolute Gasteiger partial charge is 0.478 e. The molecule has 2 aromatic rings. The molecule has 4 heteroatoms. The average molecular weight is 310 g/mol. The highest BCUT2D eigenvalue weighted by molar-refractivity contribution is 5.83. The molecule has 0 radical (unpaired) electrons. The van der Waals surface area contributed by atoms with Crippen molar-refractivity contribution in [3.8, 4) is 5.88 Å². The minimum absolute atomic E-state index is 0.0540. The van der Waals surface area contributed by atoms with Crippen molar-refractivity contribution in [1.29, 1.82) is 0 Å². The summed E-state index contributed by atoms with van der Waals surface area (Å²) in [6, 6.07) is 14.0. The van der Waals surface area contributed by atoms with Gasteiger partial charge in [-0.1, -0.05) is 30.3 Å². The Kier molecular flexibility index (Phi) is 4.60. The molecule has 1 N–H and O–H groups in total. The average Bonchev–Trinajstić information content (AvgIpc) is 3.37.